The molecule has 0 aromatic rings. The highest BCUT2D eigenvalue weighted by Gasteiger charge is 2.36. The first kappa shape index (κ1) is 14.9. The average Bonchev–Trinajstić information content (AvgIpc) is 2.40. The molecule has 2 fully saturated rings. The summed E-state index contributed by atoms with van der Waals surface area (Å²) >= 11 is 0. The van der Waals surface area contributed by atoms with Crippen LogP contribution >= 0.6 is 0 Å². The summed E-state index contributed by atoms with van der Waals surface area (Å²) in [7, 11) is 0. The molecule has 19 heavy (non-hydrogen) atoms. The molecule has 0 aromatic carbocycles. The number of hydrogen-bond donors (Lipinski definition) is 1. The van der Waals surface area contributed by atoms with E-state index in [-0.39, 0.29) is 6.04 Å². The molecule has 2 aliphatic rings. The second kappa shape index (κ2) is 7.31. The molecule has 0 aromatic heterocycles. The minimum Gasteiger partial charge on any atom is -0.354 e. The molecule has 1 N–H and O–H groups in total. The van der Waals surface area contributed by atoms with Crippen LogP contribution < -0.4 is 5.32 Å². The van der Waals surface area contributed by atoms with E-state index in [0.717, 1.165) is 0 Å². The molecule has 2 saturated carbocycles. The lowest BCUT2D eigenvalue weighted by molar-refractivity contribution is -0.130. The third-order valence-electron chi connectivity index (χ3n) is 5.05. The molecule has 0 bridgehead atoms. The van der Waals surface area contributed by atoms with E-state index in [1.165, 1.54) is 64.2 Å². The molecule has 2 nitrogen and oxygen atoms in total. The lowest BCUT2D eigenvalue weighted by atomic mass is 9.69. The van der Waals surface area contributed by atoms with E-state index in [0.29, 0.717) is 23.7 Å². The van der Waals surface area contributed by atoms with Gasteiger partial charge in [0.05, 0.1) is 0 Å². The van der Waals surface area contributed by atoms with Gasteiger partial charge >= 0.3 is 0 Å². The van der Waals surface area contributed by atoms with Crippen LogP contribution in [0.5, 0.6) is 0 Å². The van der Waals surface area contributed by atoms with E-state index >= 15 is 0 Å². The van der Waals surface area contributed by atoms with Gasteiger partial charge in [0.2, 0.25) is 5.91 Å². The van der Waals surface area contributed by atoms with Gasteiger partial charge in [-0.25, -0.2) is 0 Å². The molecule has 2 heteroatoms. The molecule has 0 heterocycles. The van der Waals surface area contributed by atoms with Crippen molar-refractivity contribution in [2.75, 3.05) is 0 Å². The van der Waals surface area contributed by atoms with Crippen molar-refractivity contribution in [2.24, 2.45) is 17.8 Å². The van der Waals surface area contributed by atoms with Crippen molar-refractivity contribution < 1.29 is 4.79 Å². The number of hydrogen-bond acceptors (Lipinski definition) is 1. The molecule has 0 aliphatic heterocycles. The van der Waals surface area contributed by atoms with Crippen LogP contribution in [-0.2, 0) is 4.79 Å². The topological polar surface area (TPSA) is 29.1 Å². The van der Waals surface area contributed by atoms with E-state index in [4.69, 9.17) is 0 Å². The Morgan fingerprint density at radius 3 is 1.63 bits per heavy atom. The van der Waals surface area contributed by atoms with E-state index in [1.807, 2.05) is 0 Å². The summed E-state index contributed by atoms with van der Waals surface area (Å²) < 4.78 is 0. The molecule has 0 unspecified atom stereocenters. The second-order valence-electron chi connectivity index (χ2n) is 6.99. The van der Waals surface area contributed by atoms with Crippen molar-refractivity contribution in [3.8, 4) is 0 Å². The van der Waals surface area contributed by atoms with Gasteiger partial charge in [0, 0.05) is 12.0 Å². The van der Waals surface area contributed by atoms with Crippen LogP contribution in [0.3, 0.4) is 0 Å². The Bertz CT molecular complexity index is 257. The van der Waals surface area contributed by atoms with E-state index in [2.05, 4.69) is 19.2 Å². The van der Waals surface area contributed by atoms with Crippen molar-refractivity contribution in [1.82, 2.24) is 5.32 Å². The monoisotopic (exact) mass is 265 g/mol. The van der Waals surface area contributed by atoms with Crippen LogP contribution in [0, 0.1) is 17.8 Å². The van der Waals surface area contributed by atoms with Gasteiger partial charge in [-0.05, 0) is 51.4 Å². The fourth-order valence-electron chi connectivity index (χ4n) is 4.18. The smallest absolute Gasteiger partial charge is 0.223 e. The number of rotatable bonds is 4. The van der Waals surface area contributed by atoms with Gasteiger partial charge < -0.3 is 5.32 Å². The molecule has 0 saturated heterocycles. The predicted molar refractivity (Wildman–Crippen MR) is 79.9 cm³/mol. The lowest BCUT2D eigenvalue weighted by Crippen LogP contribution is -2.43. The van der Waals surface area contributed by atoms with E-state index < -0.39 is 0 Å². The fourth-order valence-corrected chi connectivity index (χ4v) is 4.18. The molecule has 110 valence electrons. The maximum atomic E-state index is 12.6. The highest BCUT2D eigenvalue weighted by molar-refractivity contribution is 5.79. The van der Waals surface area contributed by atoms with Crippen LogP contribution in [-0.4, -0.2) is 11.9 Å². The Morgan fingerprint density at radius 1 is 0.842 bits per heavy atom. The number of carbonyl (C=O) groups is 1. The summed E-state index contributed by atoms with van der Waals surface area (Å²) in [6.07, 6.45) is 13.2. The summed E-state index contributed by atoms with van der Waals surface area (Å²) in [5, 5.41) is 3.20. The molecule has 2 aliphatic carbocycles. The predicted octanol–water partition coefficient (Wildman–Crippen LogP) is 4.29. The molecule has 0 radical (unpaired) electrons. The number of amides is 1. The fraction of sp³-hybridized carbons (Fsp3) is 0.941. The van der Waals surface area contributed by atoms with Gasteiger partial charge in [-0.2, -0.15) is 0 Å². The standard InChI is InChI=1S/C17H31NO/c1-13(2)18-17(19)16(14-9-5-3-6-10-14)15-11-7-4-8-12-15/h13-16H,3-12H2,1-2H3,(H,18,19). The van der Waals surface area contributed by atoms with Crippen molar-refractivity contribution in [3.05, 3.63) is 0 Å². The van der Waals surface area contributed by atoms with Crippen LogP contribution in [0.4, 0.5) is 0 Å². The zero-order chi connectivity index (χ0) is 13.7. The Morgan fingerprint density at radius 2 is 1.26 bits per heavy atom. The van der Waals surface area contributed by atoms with E-state index in [1.54, 1.807) is 0 Å². The molecule has 2 rings (SSSR count). The summed E-state index contributed by atoms with van der Waals surface area (Å²) in [6.45, 7) is 4.16. The number of carbonyl (C=O) groups excluding carboxylic acids is 1. The first-order valence-electron chi connectivity index (χ1n) is 8.49. The molecule has 0 atom stereocenters. The van der Waals surface area contributed by atoms with Gasteiger partial charge in [-0.1, -0.05) is 38.5 Å². The molecule has 0 spiro atoms. The van der Waals surface area contributed by atoms with Crippen LogP contribution in [0.15, 0.2) is 0 Å². The third kappa shape index (κ3) is 4.22. The van der Waals surface area contributed by atoms with Crippen LogP contribution in [0.1, 0.15) is 78.1 Å². The molecular formula is C17H31NO. The second-order valence-corrected chi connectivity index (χ2v) is 6.99. The first-order chi connectivity index (χ1) is 9.18. The SMILES string of the molecule is CC(C)NC(=O)C(C1CCCCC1)C1CCCCC1. The maximum absolute atomic E-state index is 12.6. The molecule has 1 amide bonds. The van der Waals surface area contributed by atoms with Crippen molar-refractivity contribution >= 4 is 5.91 Å². The normalized spacial score (nSPS) is 22.9. The van der Waals surface area contributed by atoms with Crippen LogP contribution in [0.2, 0.25) is 0 Å². The average molecular weight is 265 g/mol. The van der Waals surface area contributed by atoms with Crippen LogP contribution in [0.25, 0.3) is 0 Å². The lowest BCUT2D eigenvalue weighted by Gasteiger charge is -2.37. The van der Waals surface area contributed by atoms with Gasteiger partial charge in [0.25, 0.3) is 0 Å². The Kier molecular flexibility index (Phi) is 5.72. The summed E-state index contributed by atoms with van der Waals surface area (Å²) in [5.74, 6) is 1.99. The van der Waals surface area contributed by atoms with E-state index in [9.17, 15) is 4.79 Å². The molecular weight excluding hydrogens is 234 g/mol. The largest absolute Gasteiger partial charge is 0.354 e. The van der Waals surface area contributed by atoms with Gasteiger partial charge in [-0.15, -0.1) is 0 Å². The minimum absolute atomic E-state index is 0.280. The summed E-state index contributed by atoms with van der Waals surface area (Å²) in [5.41, 5.74) is 0. The van der Waals surface area contributed by atoms with Gasteiger partial charge in [0.15, 0.2) is 0 Å². The maximum Gasteiger partial charge on any atom is 0.223 e. The van der Waals surface area contributed by atoms with Gasteiger partial charge in [0.1, 0.15) is 0 Å². The summed E-state index contributed by atoms with van der Waals surface area (Å²) in [4.78, 5) is 12.6. The highest BCUT2D eigenvalue weighted by Crippen LogP contribution is 2.40. The zero-order valence-electron chi connectivity index (χ0n) is 12.8. The third-order valence-corrected chi connectivity index (χ3v) is 5.05. The Labute approximate surface area is 118 Å². The zero-order valence-corrected chi connectivity index (χ0v) is 12.8. The Balaban J connectivity index is 2.04. The quantitative estimate of drug-likeness (QED) is 0.807. The summed E-state index contributed by atoms with van der Waals surface area (Å²) in [6, 6.07) is 0.280. The highest BCUT2D eigenvalue weighted by atomic mass is 16.2. The first-order valence-corrected chi connectivity index (χ1v) is 8.49. The van der Waals surface area contributed by atoms with Gasteiger partial charge in [-0.3, -0.25) is 4.79 Å². The number of nitrogens with one attached hydrogen (secondary N) is 1. The van der Waals surface area contributed by atoms with Crippen molar-refractivity contribution in [2.45, 2.75) is 84.1 Å². The Hall–Kier alpha value is -0.530. The minimum atomic E-state index is 0.280. The van der Waals surface area contributed by atoms with Crippen molar-refractivity contribution in [1.29, 1.82) is 0 Å². The van der Waals surface area contributed by atoms with Crippen molar-refractivity contribution in [3.63, 3.8) is 0 Å².